The maximum absolute atomic E-state index is 10.9. The van der Waals surface area contributed by atoms with E-state index in [2.05, 4.69) is 18.7 Å². The molecule has 0 aliphatic heterocycles. The Morgan fingerprint density at radius 2 is 2.20 bits per heavy atom. The molecule has 0 unspecified atom stereocenters. The Labute approximate surface area is 89.6 Å². The Morgan fingerprint density at radius 3 is 2.73 bits per heavy atom. The van der Waals surface area contributed by atoms with Gasteiger partial charge in [-0.3, -0.25) is 4.79 Å². The Kier molecular flexibility index (Phi) is 2.58. The van der Waals surface area contributed by atoms with Crippen molar-refractivity contribution in [3.63, 3.8) is 0 Å². The molecule has 77 valence electrons. The highest BCUT2D eigenvalue weighted by molar-refractivity contribution is 5.69. The lowest BCUT2D eigenvalue weighted by Crippen LogP contribution is -2.02. The second kappa shape index (κ2) is 3.89. The first kappa shape index (κ1) is 9.97. The minimum absolute atomic E-state index is 0.294. The summed E-state index contributed by atoms with van der Waals surface area (Å²) in [5.41, 5.74) is 2.11. The van der Waals surface area contributed by atoms with E-state index >= 15 is 0 Å². The molecule has 1 fully saturated rings. The molecule has 1 aliphatic carbocycles. The molecule has 1 aromatic carbocycles. The minimum Gasteiger partial charge on any atom is -0.427 e. The van der Waals surface area contributed by atoms with Crippen LogP contribution in [0.1, 0.15) is 36.8 Å². The van der Waals surface area contributed by atoms with Gasteiger partial charge in [-0.15, -0.1) is 0 Å². The topological polar surface area (TPSA) is 26.3 Å². The van der Waals surface area contributed by atoms with Gasteiger partial charge in [0.25, 0.3) is 0 Å². The third-order valence-electron chi connectivity index (χ3n) is 2.44. The molecule has 0 N–H and O–H groups in total. The summed E-state index contributed by atoms with van der Waals surface area (Å²) in [6, 6.07) is 5.76. The van der Waals surface area contributed by atoms with Gasteiger partial charge in [0.15, 0.2) is 0 Å². The van der Waals surface area contributed by atoms with Gasteiger partial charge in [0.2, 0.25) is 0 Å². The first-order valence-corrected chi connectivity index (χ1v) is 5.05. The summed E-state index contributed by atoms with van der Waals surface area (Å²) in [6.07, 6.45) is 5.27. The molecule has 0 aromatic heterocycles. The van der Waals surface area contributed by atoms with Crippen molar-refractivity contribution in [2.45, 2.75) is 25.7 Å². The van der Waals surface area contributed by atoms with Crippen LogP contribution in [0.4, 0.5) is 0 Å². The number of hydrogen-bond donors (Lipinski definition) is 0. The van der Waals surface area contributed by atoms with Gasteiger partial charge in [0, 0.05) is 6.92 Å². The van der Waals surface area contributed by atoms with Crippen LogP contribution in [0.15, 0.2) is 24.8 Å². The smallest absolute Gasteiger partial charge is 0.308 e. The van der Waals surface area contributed by atoms with E-state index in [4.69, 9.17) is 4.74 Å². The standard InChI is InChI=1S/C13H13O2/c1-3-10-6-12(11-4-5-11)8-13(7-10)15-9(2)14/h6-8,11H,1,4-5H2,2H3. The van der Waals surface area contributed by atoms with Crippen molar-refractivity contribution in [2.75, 3.05) is 0 Å². The highest BCUT2D eigenvalue weighted by atomic mass is 16.5. The van der Waals surface area contributed by atoms with Gasteiger partial charge in [-0.25, -0.2) is 0 Å². The van der Waals surface area contributed by atoms with Gasteiger partial charge < -0.3 is 4.74 Å². The largest absolute Gasteiger partial charge is 0.427 e. The van der Waals surface area contributed by atoms with Gasteiger partial charge in [0.1, 0.15) is 5.75 Å². The molecule has 0 atom stereocenters. The average Bonchev–Trinajstić information content (AvgIpc) is 2.99. The van der Waals surface area contributed by atoms with Crippen LogP contribution < -0.4 is 4.74 Å². The Morgan fingerprint density at radius 1 is 1.47 bits per heavy atom. The molecular weight excluding hydrogens is 188 g/mol. The molecule has 1 aromatic rings. The predicted molar refractivity (Wildman–Crippen MR) is 57.7 cm³/mol. The van der Waals surface area contributed by atoms with Gasteiger partial charge >= 0.3 is 5.97 Å². The van der Waals surface area contributed by atoms with Crippen LogP contribution in [0, 0.1) is 6.08 Å². The van der Waals surface area contributed by atoms with E-state index in [1.54, 1.807) is 6.07 Å². The number of carbonyl (C=O) groups excluding carboxylic acids is 1. The summed E-state index contributed by atoms with van der Waals surface area (Å²) in [4.78, 5) is 10.9. The summed E-state index contributed by atoms with van der Waals surface area (Å²) in [5.74, 6) is 0.934. The van der Waals surface area contributed by atoms with Gasteiger partial charge in [0.05, 0.1) is 0 Å². The SMILES string of the molecule is C=[C]c1cc(OC(C)=O)cc(C2CC2)c1. The van der Waals surface area contributed by atoms with Crippen molar-refractivity contribution < 1.29 is 9.53 Å². The molecule has 1 aliphatic rings. The number of rotatable bonds is 3. The second-order valence-electron chi connectivity index (χ2n) is 3.84. The van der Waals surface area contributed by atoms with Crippen LogP contribution >= 0.6 is 0 Å². The minimum atomic E-state index is -0.294. The van der Waals surface area contributed by atoms with E-state index in [1.807, 2.05) is 6.07 Å². The molecule has 0 spiro atoms. The highest BCUT2D eigenvalue weighted by Crippen LogP contribution is 2.41. The van der Waals surface area contributed by atoms with Crippen LogP contribution in [0.2, 0.25) is 0 Å². The number of carbonyl (C=O) groups is 1. The fourth-order valence-corrected chi connectivity index (χ4v) is 1.60. The van der Waals surface area contributed by atoms with Crippen LogP contribution in [-0.2, 0) is 4.79 Å². The van der Waals surface area contributed by atoms with Crippen molar-refractivity contribution in [3.8, 4) is 5.75 Å². The van der Waals surface area contributed by atoms with Gasteiger partial charge in [-0.1, -0.05) is 12.6 Å². The Balaban J connectivity index is 2.31. The highest BCUT2D eigenvalue weighted by Gasteiger charge is 2.24. The van der Waals surface area contributed by atoms with Crippen LogP contribution in [0.5, 0.6) is 5.75 Å². The number of benzene rings is 1. The fraction of sp³-hybridized carbons (Fsp3) is 0.308. The third-order valence-corrected chi connectivity index (χ3v) is 2.44. The monoisotopic (exact) mass is 201 g/mol. The molecule has 2 nitrogen and oxygen atoms in total. The lowest BCUT2D eigenvalue weighted by atomic mass is 10.1. The lowest BCUT2D eigenvalue weighted by molar-refractivity contribution is -0.131. The summed E-state index contributed by atoms with van der Waals surface area (Å²) in [6.45, 7) is 5.01. The Hall–Kier alpha value is -1.57. The molecular formula is C13H13O2. The van der Waals surface area contributed by atoms with E-state index in [9.17, 15) is 4.79 Å². The van der Waals surface area contributed by atoms with Crippen molar-refractivity contribution in [1.29, 1.82) is 0 Å². The summed E-state index contributed by atoms with van der Waals surface area (Å²) >= 11 is 0. The molecule has 2 rings (SSSR count). The van der Waals surface area contributed by atoms with Crippen LogP contribution in [0.3, 0.4) is 0 Å². The van der Waals surface area contributed by atoms with Crippen molar-refractivity contribution >= 4 is 5.97 Å². The first-order valence-electron chi connectivity index (χ1n) is 5.05. The maximum Gasteiger partial charge on any atom is 0.308 e. The first-order chi connectivity index (χ1) is 7.19. The molecule has 2 heteroatoms. The normalized spacial score (nSPS) is 14.7. The molecule has 0 saturated heterocycles. The number of hydrogen-bond acceptors (Lipinski definition) is 2. The fourth-order valence-electron chi connectivity index (χ4n) is 1.60. The quantitative estimate of drug-likeness (QED) is 0.555. The van der Waals surface area contributed by atoms with Gasteiger partial charge in [-0.05, 0) is 48.1 Å². The zero-order chi connectivity index (χ0) is 10.8. The average molecular weight is 201 g/mol. The molecule has 1 radical (unpaired) electrons. The summed E-state index contributed by atoms with van der Waals surface area (Å²) in [5, 5.41) is 0. The molecule has 15 heavy (non-hydrogen) atoms. The van der Waals surface area contributed by atoms with Crippen molar-refractivity contribution in [3.05, 3.63) is 42.0 Å². The number of ether oxygens (including phenoxy) is 1. The second-order valence-corrected chi connectivity index (χ2v) is 3.84. The van der Waals surface area contributed by atoms with E-state index in [0.29, 0.717) is 11.7 Å². The molecule has 0 heterocycles. The third kappa shape index (κ3) is 2.46. The zero-order valence-corrected chi connectivity index (χ0v) is 8.75. The lowest BCUT2D eigenvalue weighted by Gasteiger charge is -2.06. The number of esters is 1. The van der Waals surface area contributed by atoms with Crippen molar-refractivity contribution in [2.24, 2.45) is 0 Å². The maximum atomic E-state index is 10.9. The van der Waals surface area contributed by atoms with E-state index < -0.39 is 0 Å². The van der Waals surface area contributed by atoms with Crippen molar-refractivity contribution in [1.82, 2.24) is 0 Å². The zero-order valence-electron chi connectivity index (χ0n) is 8.75. The molecule has 1 saturated carbocycles. The molecule has 0 bridgehead atoms. The van der Waals surface area contributed by atoms with E-state index in [0.717, 1.165) is 5.56 Å². The van der Waals surface area contributed by atoms with Gasteiger partial charge in [-0.2, -0.15) is 0 Å². The summed E-state index contributed by atoms with van der Waals surface area (Å²) in [7, 11) is 0. The Bertz CT molecular complexity index is 403. The van der Waals surface area contributed by atoms with Crippen LogP contribution in [-0.4, -0.2) is 5.97 Å². The summed E-state index contributed by atoms with van der Waals surface area (Å²) < 4.78 is 5.07. The van der Waals surface area contributed by atoms with E-state index in [-0.39, 0.29) is 5.97 Å². The molecule has 0 amide bonds. The van der Waals surface area contributed by atoms with E-state index in [1.165, 1.54) is 25.3 Å². The van der Waals surface area contributed by atoms with Crippen LogP contribution in [0.25, 0.3) is 0 Å². The predicted octanol–water partition coefficient (Wildman–Crippen LogP) is 2.83.